The van der Waals surface area contributed by atoms with Crippen LogP contribution in [0.25, 0.3) is 0 Å². The Balaban J connectivity index is 2.84. The predicted octanol–water partition coefficient (Wildman–Crippen LogP) is 1.23. The number of rotatable bonds is 4. The maximum absolute atomic E-state index is 11.3. The number of amides is 1. The minimum absolute atomic E-state index is 0.142. The Morgan fingerprint density at radius 1 is 1.50 bits per heavy atom. The van der Waals surface area contributed by atoms with Crippen molar-refractivity contribution < 1.29 is 18.1 Å². The second-order valence-electron chi connectivity index (χ2n) is 3.54. The molecule has 0 fully saturated rings. The average Bonchev–Trinajstić information content (AvgIpc) is 2.13. The van der Waals surface area contributed by atoms with E-state index in [4.69, 9.17) is 11.6 Å². The zero-order valence-electron chi connectivity index (χ0n) is 9.21. The number of nitro groups is 1. The predicted molar refractivity (Wildman–Crippen MR) is 66.4 cm³/mol. The van der Waals surface area contributed by atoms with Crippen molar-refractivity contribution in [3.63, 3.8) is 0 Å². The van der Waals surface area contributed by atoms with E-state index < -0.39 is 26.4 Å². The summed E-state index contributed by atoms with van der Waals surface area (Å²) >= 11 is 5.63. The number of halogens is 1. The molecule has 1 N–H and O–H groups in total. The second kappa shape index (κ2) is 5.32. The number of hydrogen-bond acceptors (Lipinski definition) is 5. The highest BCUT2D eigenvalue weighted by atomic mass is 35.5. The Labute approximate surface area is 108 Å². The standard InChI is InChI=1S/C9H9ClN2O5S/c1-18(16,17)5-9(13)11-6-2-3-8(12(14)15)7(10)4-6/h2-4H,5H2,1H3,(H,11,13). The smallest absolute Gasteiger partial charge is 0.288 e. The Morgan fingerprint density at radius 2 is 2.11 bits per heavy atom. The lowest BCUT2D eigenvalue weighted by Gasteiger charge is -2.04. The van der Waals surface area contributed by atoms with Gasteiger partial charge in [-0.05, 0) is 12.1 Å². The zero-order valence-corrected chi connectivity index (χ0v) is 10.8. The van der Waals surface area contributed by atoms with Crippen molar-refractivity contribution in [2.75, 3.05) is 17.3 Å². The summed E-state index contributed by atoms with van der Waals surface area (Å²) in [7, 11) is -3.43. The number of sulfone groups is 1. The van der Waals surface area contributed by atoms with Crippen LogP contribution in [0.4, 0.5) is 11.4 Å². The van der Waals surface area contributed by atoms with Gasteiger partial charge in [0.25, 0.3) is 5.69 Å². The first-order chi connectivity index (χ1) is 8.19. The summed E-state index contributed by atoms with van der Waals surface area (Å²) in [5, 5.41) is 12.6. The summed E-state index contributed by atoms with van der Waals surface area (Å²) < 4.78 is 21.7. The van der Waals surface area contributed by atoms with E-state index in [-0.39, 0.29) is 16.4 Å². The summed E-state index contributed by atoms with van der Waals surface area (Å²) in [5.74, 6) is -1.40. The lowest BCUT2D eigenvalue weighted by Crippen LogP contribution is -2.21. The van der Waals surface area contributed by atoms with Crippen molar-refractivity contribution in [1.29, 1.82) is 0 Å². The molecule has 0 bridgehead atoms. The summed E-state index contributed by atoms with van der Waals surface area (Å²) in [6, 6.07) is 3.57. The fourth-order valence-corrected chi connectivity index (χ4v) is 1.97. The molecule has 1 rings (SSSR count). The number of nitrogens with zero attached hydrogens (tertiary/aromatic N) is 1. The van der Waals surface area contributed by atoms with Crippen LogP contribution >= 0.6 is 11.6 Å². The summed E-state index contributed by atoms with van der Waals surface area (Å²) in [6.07, 6.45) is 0.926. The Bertz CT molecular complexity index is 599. The molecule has 0 radical (unpaired) electrons. The molecule has 0 heterocycles. The van der Waals surface area contributed by atoms with Gasteiger partial charge in [-0.1, -0.05) is 11.6 Å². The molecular formula is C9H9ClN2O5S. The molecule has 0 unspecified atom stereocenters. The van der Waals surface area contributed by atoms with Crippen LogP contribution in [-0.4, -0.2) is 31.3 Å². The molecule has 18 heavy (non-hydrogen) atoms. The molecule has 0 atom stereocenters. The second-order valence-corrected chi connectivity index (χ2v) is 6.09. The first kappa shape index (κ1) is 14.4. The van der Waals surface area contributed by atoms with Crippen molar-refractivity contribution >= 4 is 38.7 Å². The van der Waals surface area contributed by atoms with Crippen LogP contribution in [0.15, 0.2) is 18.2 Å². The molecule has 0 aliphatic carbocycles. The van der Waals surface area contributed by atoms with Crippen LogP contribution in [0.2, 0.25) is 5.02 Å². The van der Waals surface area contributed by atoms with Gasteiger partial charge >= 0.3 is 0 Å². The Hall–Kier alpha value is -1.67. The van der Waals surface area contributed by atoms with E-state index in [1.54, 1.807) is 0 Å². The Kier molecular flexibility index (Phi) is 4.25. The Morgan fingerprint density at radius 3 is 2.56 bits per heavy atom. The number of nitrogens with one attached hydrogen (secondary N) is 1. The van der Waals surface area contributed by atoms with Gasteiger partial charge in [-0.3, -0.25) is 14.9 Å². The fraction of sp³-hybridized carbons (Fsp3) is 0.222. The van der Waals surface area contributed by atoms with E-state index in [9.17, 15) is 23.3 Å². The van der Waals surface area contributed by atoms with Crippen molar-refractivity contribution in [2.24, 2.45) is 0 Å². The molecule has 1 amide bonds. The third-order valence-corrected chi connectivity index (χ3v) is 2.91. The van der Waals surface area contributed by atoms with Crippen LogP contribution in [0.3, 0.4) is 0 Å². The quantitative estimate of drug-likeness (QED) is 0.663. The number of anilines is 1. The number of nitro benzene ring substituents is 1. The highest BCUT2D eigenvalue weighted by Gasteiger charge is 2.15. The summed E-state index contributed by atoms with van der Waals surface area (Å²) in [5.41, 5.74) is -0.1000. The van der Waals surface area contributed by atoms with Gasteiger partial charge in [-0.15, -0.1) is 0 Å². The van der Waals surface area contributed by atoms with E-state index in [1.165, 1.54) is 12.1 Å². The van der Waals surface area contributed by atoms with Crippen LogP contribution in [-0.2, 0) is 14.6 Å². The van der Waals surface area contributed by atoms with Crippen molar-refractivity contribution in [3.05, 3.63) is 33.3 Å². The zero-order chi connectivity index (χ0) is 13.9. The molecule has 0 saturated carbocycles. The van der Waals surface area contributed by atoms with Gasteiger partial charge in [0.1, 0.15) is 10.8 Å². The van der Waals surface area contributed by atoms with E-state index in [0.29, 0.717) is 0 Å². The van der Waals surface area contributed by atoms with Gasteiger partial charge in [-0.2, -0.15) is 0 Å². The van der Waals surface area contributed by atoms with E-state index in [0.717, 1.165) is 12.3 Å². The molecular weight excluding hydrogens is 284 g/mol. The van der Waals surface area contributed by atoms with Gasteiger partial charge in [0.05, 0.1) is 4.92 Å². The van der Waals surface area contributed by atoms with E-state index in [2.05, 4.69) is 5.32 Å². The normalized spacial score (nSPS) is 11.0. The molecule has 9 heteroatoms. The first-order valence-electron chi connectivity index (χ1n) is 4.60. The minimum Gasteiger partial charge on any atom is -0.325 e. The summed E-state index contributed by atoms with van der Waals surface area (Å²) in [6.45, 7) is 0. The van der Waals surface area contributed by atoms with Crippen molar-refractivity contribution in [1.82, 2.24) is 0 Å². The number of hydrogen-bond donors (Lipinski definition) is 1. The molecule has 7 nitrogen and oxygen atoms in total. The van der Waals surface area contributed by atoms with Crippen LogP contribution in [0, 0.1) is 10.1 Å². The van der Waals surface area contributed by atoms with Gasteiger partial charge in [-0.25, -0.2) is 8.42 Å². The maximum atomic E-state index is 11.3. The molecule has 0 aliphatic rings. The molecule has 98 valence electrons. The van der Waals surface area contributed by atoms with Crippen LogP contribution < -0.4 is 5.32 Å². The van der Waals surface area contributed by atoms with Gasteiger partial charge < -0.3 is 5.32 Å². The molecule has 0 aliphatic heterocycles. The number of benzene rings is 1. The van der Waals surface area contributed by atoms with Gasteiger partial charge in [0.2, 0.25) is 5.91 Å². The number of carbonyl (C=O) groups excluding carboxylic acids is 1. The molecule has 0 aromatic heterocycles. The third kappa shape index (κ3) is 4.30. The summed E-state index contributed by atoms with van der Waals surface area (Å²) in [4.78, 5) is 21.1. The molecule has 1 aromatic rings. The highest BCUT2D eigenvalue weighted by Crippen LogP contribution is 2.27. The van der Waals surface area contributed by atoms with E-state index >= 15 is 0 Å². The SMILES string of the molecule is CS(=O)(=O)CC(=O)Nc1ccc([N+](=O)[O-])c(Cl)c1. The monoisotopic (exact) mass is 292 g/mol. The van der Waals surface area contributed by atoms with Crippen LogP contribution in [0.1, 0.15) is 0 Å². The largest absolute Gasteiger partial charge is 0.325 e. The first-order valence-corrected chi connectivity index (χ1v) is 7.04. The van der Waals surface area contributed by atoms with Crippen LogP contribution in [0.5, 0.6) is 0 Å². The van der Waals surface area contributed by atoms with E-state index in [1.807, 2.05) is 0 Å². The average molecular weight is 293 g/mol. The molecule has 0 saturated heterocycles. The molecule has 0 spiro atoms. The lowest BCUT2D eigenvalue weighted by atomic mass is 10.3. The highest BCUT2D eigenvalue weighted by molar-refractivity contribution is 7.91. The lowest BCUT2D eigenvalue weighted by molar-refractivity contribution is -0.384. The van der Waals surface area contributed by atoms with Crippen molar-refractivity contribution in [2.45, 2.75) is 0 Å². The van der Waals surface area contributed by atoms with Gasteiger partial charge in [0, 0.05) is 18.0 Å². The third-order valence-electron chi connectivity index (χ3n) is 1.82. The fourth-order valence-electron chi connectivity index (χ4n) is 1.17. The topological polar surface area (TPSA) is 106 Å². The maximum Gasteiger partial charge on any atom is 0.288 e. The van der Waals surface area contributed by atoms with Gasteiger partial charge in [0.15, 0.2) is 9.84 Å². The molecule has 1 aromatic carbocycles. The number of carbonyl (C=O) groups is 1. The van der Waals surface area contributed by atoms with Crippen molar-refractivity contribution in [3.8, 4) is 0 Å². The minimum atomic E-state index is -3.43.